The maximum atomic E-state index is 12.7. The van der Waals surface area contributed by atoms with Crippen molar-refractivity contribution in [2.75, 3.05) is 55.3 Å². The summed E-state index contributed by atoms with van der Waals surface area (Å²) in [5.74, 6) is -0.420. The molecule has 6 rings (SSSR count). The van der Waals surface area contributed by atoms with Gasteiger partial charge in [0.05, 0.1) is 25.7 Å². The van der Waals surface area contributed by atoms with Gasteiger partial charge in [-0.1, -0.05) is 0 Å². The van der Waals surface area contributed by atoms with Crippen LogP contribution in [0.5, 0.6) is 0 Å². The number of nitrogen functional groups attached to an aromatic ring is 2. The van der Waals surface area contributed by atoms with Gasteiger partial charge in [0.25, 0.3) is 11.1 Å². The van der Waals surface area contributed by atoms with Crippen LogP contribution in [-0.2, 0) is 55.3 Å². The molecule has 6 heterocycles. The molecule has 0 aliphatic carbocycles. The van der Waals surface area contributed by atoms with E-state index >= 15 is 0 Å². The number of anilines is 4. The zero-order valence-corrected chi connectivity index (χ0v) is 32.7. The normalized spacial score (nSPS) is 29.5. The Balaban J connectivity index is 1.04. The number of aromatic nitrogens is 6. The molecule has 11 atom stereocenters. The van der Waals surface area contributed by atoms with Crippen LogP contribution < -0.4 is 32.4 Å². The highest BCUT2D eigenvalue weighted by atomic mass is 31.3. The van der Waals surface area contributed by atoms with Crippen LogP contribution in [0.3, 0.4) is 0 Å². The number of ether oxygens (including phenoxy) is 4. The van der Waals surface area contributed by atoms with Gasteiger partial charge in [-0.15, -0.1) is 4.67 Å². The lowest BCUT2D eigenvalue weighted by Crippen LogP contribution is -2.46. The van der Waals surface area contributed by atoms with Crippen molar-refractivity contribution in [1.29, 1.82) is 0 Å². The van der Waals surface area contributed by atoms with Crippen LogP contribution in [0.2, 0.25) is 0 Å². The van der Waals surface area contributed by atoms with Crippen molar-refractivity contribution < 1.29 is 80.2 Å². The van der Waals surface area contributed by atoms with E-state index in [0.717, 1.165) is 6.33 Å². The van der Waals surface area contributed by atoms with E-state index in [9.17, 15) is 48.2 Å². The fourth-order valence-electron chi connectivity index (χ4n) is 6.33. The molecular weight excluding hydrogens is 837 g/mol. The van der Waals surface area contributed by atoms with Gasteiger partial charge in [-0.05, 0) is 13.8 Å². The standard InChI is InChI=1S/C25H39N10O19P3/c1-9(2)49-17-10(50-22(15(17)37)34-7-28-12-18(34)29-24(26)31-20(12)38)5-47-52-56(42,43)54-57(44,45)53-55(40,41)48-6-11-16(46-4)14(36)23(51-11)35-8-33(3)13-19(35)30-25(27)32-21(13)39/h7,9-11,14-17,22-23,36-37H,5-6,8H2,1-4H3,(H,40,41)(H,42,43)(H,44,45)(H3,26,29,31,38)(H3,27,30,32,39)/t10-,11-,14?,15+,16+,17?,22-,23-/m1/s1. The van der Waals surface area contributed by atoms with Crippen LogP contribution in [-0.4, -0.2) is 137 Å². The predicted molar refractivity (Wildman–Crippen MR) is 188 cm³/mol. The molecule has 3 aromatic rings. The van der Waals surface area contributed by atoms with Crippen molar-refractivity contribution in [2.24, 2.45) is 0 Å². The summed E-state index contributed by atoms with van der Waals surface area (Å²) >= 11 is 0. The second-order valence-electron chi connectivity index (χ2n) is 12.9. The summed E-state index contributed by atoms with van der Waals surface area (Å²) < 4.78 is 78.9. The molecular formula is C25H39N10O19P3. The molecule has 2 saturated heterocycles. The molecule has 2 fully saturated rings. The number of methoxy groups -OCH3 is 1. The topological polar surface area (TPSA) is 403 Å². The molecule has 0 aromatic carbocycles. The Morgan fingerprint density at radius 1 is 0.912 bits per heavy atom. The number of H-pyrrole nitrogens is 2. The minimum atomic E-state index is -5.99. The van der Waals surface area contributed by atoms with Gasteiger partial charge in [0.15, 0.2) is 29.4 Å². The molecule has 11 N–H and O–H groups in total. The van der Waals surface area contributed by atoms with E-state index < -0.39 is 103 Å². The van der Waals surface area contributed by atoms with Crippen molar-refractivity contribution in [2.45, 2.75) is 69.0 Å². The van der Waals surface area contributed by atoms with Gasteiger partial charge in [0.2, 0.25) is 11.9 Å². The first-order chi connectivity index (χ1) is 26.6. The Bertz CT molecular complexity index is 2220. The lowest BCUT2D eigenvalue weighted by molar-refractivity contribution is -0.247. The number of nitrogens with one attached hydrogen (secondary N) is 2. The average Bonchev–Trinajstić information content (AvgIpc) is 3.81. The Hall–Kier alpha value is -3.44. The molecule has 0 bridgehead atoms. The van der Waals surface area contributed by atoms with E-state index in [1.807, 2.05) is 0 Å². The molecule has 3 aromatic heterocycles. The second-order valence-corrected chi connectivity index (χ2v) is 17.4. The van der Waals surface area contributed by atoms with E-state index in [1.54, 1.807) is 20.9 Å². The maximum absolute atomic E-state index is 12.7. The third-order valence-corrected chi connectivity index (χ3v) is 12.5. The third-order valence-electron chi connectivity index (χ3n) is 8.46. The predicted octanol–water partition coefficient (Wildman–Crippen LogP) is -2.27. The molecule has 3 aliphatic heterocycles. The summed E-state index contributed by atoms with van der Waals surface area (Å²) in [6, 6.07) is 0. The third kappa shape index (κ3) is 9.24. The SMILES string of the molecule is CO[C@@H]1C(O)[C@H](N2CN(C)c3c2nc(N)[nH]c3=O)O[C@@H]1COP(=O)(O)OP(=O)(O)OP(=O)(O)OOC[C@H]1O[C@@H](n2cnc3c(=O)[nH]c(N)nc32)[C@@H](O)C1OC(C)C. The summed E-state index contributed by atoms with van der Waals surface area (Å²) in [6.45, 7) is 1.52. The monoisotopic (exact) mass is 876 g/mol. The summed E-state index contributed by atoms with van der Waals surface area (Å²) in [5, 5.41) is 22.1. The van der Waals surface area contributed by atoms with Gasteiger partial charge < -0.3 is 65.1 Å². The van der Waals surface area contributed by atoms with E-state index in [0.29, 0.717) is 0 Å². The lowest BCUT2D eigenvalue weighted by atomic mass is 10.1. The van der Waals surface area contributed by atoms with Crippen LogP contribution in [0.4, 0.5) is 23.4 Å². The van der Waals surface area contributed by atoms with E-state index in [2.05, 4.69) is 38.2 Å². The smallest absolute Gasteiger partial charge is 0.386 e. The molecule has 5 unspecified atom stereocenters. The second kappa shape index (κ2) is 16.3. The molecule has 32 heteroatoms. The number of nitrogens with zero attached hydrogens (tertiary/aromatic N) is 6. The van der Waals surface area contributed by atoms with Gasteiger partial charge in [-0.3, -0.25) is 28.6 Å². The van der Waals surface area contributed by atoms with E-state index in [1.165, 1.54) is 21.5 Å². The maximum Gasteiger partial charge on any atom is 0.508 e. The minimum absolute atomic E-state index is 0.0114. The first-order valence-corrected chi connectivity index (χ1v) is 20.9. The number of phosphoric acid groups is 3. The number of rotatable bonds is 16. The number of hydrogen-bond acceptors (Lipinski definition) is 23. The number of aromatic amines is 2. The van der Waals surface area contributed by atoms with E-state index in [4.69, 9.17) is 39.8 Å². The van der Waals surface area contributed by atoms with Gasteiger partial charge >= 0.3 is 23.5 Å². The molecule has 0 spiro atoms. The van der Waals surface area contributed by atoms with Crippen molar-refractivity contribution >= 4 is 58.0 Å². The summed E-state index contributed by atoms with van der Waals surface area (Å²) in [4.78, 5) is 79.3. The number of phosphoric ester groups is 1. The number of imidazole rings is 1. The Morgan fingerprint density at radius 3 is 2.21 bits per heavy atom. The number of hydrogen-bond donors (Lipinski definition) is 9. The van der Waals surface area contributed by atoms with E-state index in [-0.39, 0.29) is 41.2 Å². The Labute approximate surface area is 319 Å². The number of aliphatic hydroxyl groups is 2. The van der Waals surface area contributed by atoms with Crippen molar-refractivity contribution in [3.8, 4) is 0 Å². The summed E-state index contributed by atoms with van der Waals surface area (Å²) in [6.07, 6.45) is -9.97. The molecule has 3 aliphatic rings. The molecule has 29 nitrogen and oxygen atoms in total. The molecule has 0 radical (unpaired) electrons. The largest absolute Gasteiger partial charge is 0.508 e. The first-order valence-electron chi connectivity index (χ1n) is 16.4. The van der Waals surface area contributed by atoms with Crippen molar-refractivity contribution in [1.82, 2.24) is 29.5 Å². The highest BCUT2D eigenvalue weighted by molar-refractivity contribution is 7.66. The quantitative estimate of drug-likeness (QED) is 0.0416. The zero-order chi connectivity index (χ0) is 41.8. The van der Waals surface area contributed by atoms with Crippen molar-refractivity contribution in [3.63, 3.8) is 0 Å². The zero-order valence-electron chi connectivity index (χ0n) is 30.0. The lowest BCUT2D eigenvalue weighted by Gasteiger charge is -2.27. The fourth-order valence-corrected chi connectivity index (χ4v) is 9.63. The van der Waals surface area contributed by atoms with Crippen LogP contribution >= 0.6 is 23.5 Å². The number of aliphatic hydroxyl groups excluding tert-OH is 2. The highest BCUT2D eigenvalue weighted by Crippen LogP contribution is 2.67. The first kappa shape index (κ1) is 43.1. The van der Waals surface area contributed by atoms with Crippen LogP contribution in [0, 0.1) is 0 Å². The van der Waals surface area contributed by atoms with Gasteiger partial charge in [-0.2, -0.15) is 18.6 Å². The Kier molecular flexibility index (Phi) is 12.3. The molecule has 0 saturated carbocycles. The fraction of sp³-hybridized carbons (Fsp3) is 0.640. The Morgan fingerprint density at radius 2 is 1.53 bits per heavy atom. The van der Waals surface area contributed by atoms with Crippen LogP contribution in [0.25, 0.3) is 11.2 Å². The van der Waals surface area contributed by atoms with Gasteiger partial charge in [0.1, 0.15) is 48.9 Å². The van der Waals surface area contributed by atoms with Crippen LogP contribution in [0.15, 0.2) is 15.9 Å². The highest BCUT2D eigenvalue weighted by Gasteiger charge is 2.52. The van der Waals surface area contributed by atoms with Gasteiger partial charge in [0, 0.05) is 14.2 Å². The summed E-state index contributed by atoms with van der Waals surface area (Å²) in [5.41, 5.74) is 10.0. The van der Waals surface area contributed by atoms with Crippen molar-refractivity contribution in [3.05, 3.63) is 27.0 Å². The number of fused-ring (bicyclic) bond motifs is 2. The molecule has 57 heavy (non-hydrogen) atoms. The summed E-state index contributed by atoms with van der Waals surface area (Å²) in [7, 11) is -14.7. The average molecular weight is 877 g/mol. The number of nitrogens with two attached hydrogens (primary N) is 2. The minimum Gasteiger partial charge on any atom is -0.386 e. The molecule has 0 amide bonds. The van der Waals surface area contributed by atoms with Crippen LogP contribution in [0.1, 0.15) is 20.1 Å². The van der Waals surface area contributed by atoms with Gasteiger partial charge in [-0.25, -0.2) is 23.6 Å². The molecule has 318 valence electrons.